The molecule has 1 aliphatic carbocycles. The van der Waals surface area contributed by atoms with Crippen LogP contribution in [0.5, 0.6) is 5.75 Å². The molecular formula is C17H26N2O. The van der Waals surface area contributed by atoms with E-state index in [1.54, 1.807) is 0 Å². The first kappa shape index (κ1) is 13.9. The lowest BCUT2D eigenvalue weighted by molar-refractivity contribution is 0.0952. The Morgan fingerprint density at radius 1 is 1.25 bits per heavy atom. The van der Waals surface area contributed by atoms with Crippen LogP contribution in [-0.2, 0) is 0 Å². The predicted octanol–water partition coefficient (Wildman–Crippen LogP) is 2.53. The van der Waals surface area contributed by atoms with Crippen molar-refractivity contribution in [2.24, 2.45) is 5.92 Å². The lowest BCUT2D eigenvalue weighted by Crippen LogP contribution is -2.57. The summed E-state index contributed by atoms with van der Waals surface area (Å²) in [7, 11) is 0. The summed E-state index contributed by atoms with van der Waals surface area (Å²) in [5, 5.41) is 3.70. The topological polar surface area (TPSA) is 24.5 Å². The number of rotatable bonds is 6. The van der Waals surface area contributed by atoms with Crippen LogP contribution in [0.3, 0.4) is 0 Å². The van der Waals surface area contributed by atoms with Crippen molar-refractivity contribution >= 4 is 0 Å². The van der Waals surface area contributed by atoms with E-state index in [9.17, 15) is 0 Å². The highest BCUT2D eigenvalue weighted by atomic mass is 16.5. The van der Waals surface area contributed by atoms with Crippen LogP contribution in [0.15, 0.2) is 30.3 Å². The Morgan fingerprint density at radius 3 is 2.75 bits per heavy atom. The van der Waals surface area contributed by atoms with Crippen LogP contribution in [0.25, 0.3) is 0 Å². The maximum atomic E-state index is 5.86. The number of benzene rings is 1. The fourth-order valence-electron chi connectivity index (χ4n) is 3.17. The zero-order valence-electron chi connectivity index (χ0n) is 12.4. The summed E-state index contributed by atoms with van der Waals surface area (Å²) in [5.74, 6) is 1.91. The Hall–Kier alpha value is -1.06. The van der Waals surface area contributed by atoms with Gasteiger partial charge in [-0.05, 0) is 37.3 Å². The van der Waals surface area contributed by atoms with Crippen LogP contribution in [0.2, 0.25) is 0 Å². The maximum absolute atomic E-state index is 5.86. The van der Waals surface area contributed by atoms with Crippen molar-refractivity contribution in [2.45, 2.75) is 38.3 Å². The van der Waals surface area contributed by atoms with Crippen molar-refractivity contribution in [3.8, 4) is 5.75 Å². The van der Waals surface area contributed by atoms with E-state index in [1.807, 2.05) is 30.3 Å². The SMILES string of the molecule is CCC1CN(CCOc2ccccc2)C(C2CC2)CN1. The van der Waals surface area contributed by atoms with Gasteiger partial charge in [0.25, 0.3) is 0 Å². The quantitative estimate of drug-likeness (QED) is 0.862. The van der Waals surface area contributed by atoms with Crippen LogP contribution in [0.4, 0.5) is 0 Å². The normalized spacial score (nSPS) is 27.4. The van der Waals surface area contributed by atoms with Gasteiger partial charge in [0, 0.05) is 31.7 Å². The predicted molar refractivity (Wildman–Crippen MR) is 82.1 cm³/mol. The third-order valence-electron chi connectivity index (χ3n) is 4.59. The third kappa shape index (κ3) is 3.53. The van der Waals surface area contributed by atoms with Gasteiger partial charge in [-0.25, -0.2) is 0 Å². The first-order valence-corrected chi connectivity index (χ1v) is 8.02. The van der Waals surface area contributed by atoms with Crippen molar-refractivity contribution in [3.63, 3.8) is 0 Å². The molecule has 110 valence electrons. The van der Waals surface area contributed by atoms with Gasteiger partial charge in [-0.15, -0.1) is 0 Å². The summed E-state index contributed by atoms with van der Waals surface area (Å²) in [6, 6.07) is 11.5. The zero-order valence-corrected chi connectivity index (χ0v) is 12.4. The Morgan fingerprint density at radius 2 is 2.05 bits per heavy atom. The second-order valence-corrected chi connectivity index (χ2v) is 6.07. The van der Waals surface area contributed by atoms with Crippen molar-refractivity contribution < 1.29 is 4.74 Å². The van der Waals surface area contributed by atoms with Crippen LogP contribution in [-0.4, -0.2) is 43.2 Å². The molecule has 1 N–H and O–H groups in total. The molecule has 2 fully saturated rings. The fraction of sp³-hybridized carbons (Fsp3) is 0.647. The van der Waals surface area contributed by atoms with E-state index in [-0.39, 0.29) is 0 Å². The van der Waals surface area contributed by atoms with E-state index < -0.39 is 0 Å². The first-order chi connectivity index (χ1) is 9.86. The monoisotopic (exact) mass is 274 g/mol. The Bertz CT molecular complexity index is 405. The molecule has 0 radical (unpaired) electrons. The van der Waals surface area contributed by atoms with Gasteiger partial charge in [0.2, 0.25) is 0 Å². The molecule has 2 aliphatic rings. The molecule has 1 saturated carbocycles. The molecule has 1 aromatic rings. The third-order valence-corrected chi connectivity index (χ3v) is 4.59. The van der Waals surface area contributed by atoms with Gasteiger partial charge in [0.05, 0.1) is 0 Å². The number of hydrogen-bond donors (Lipinski definition) is 1. The Kier molecular flexibility index (Phi) is 4.58. The molecule has 1 aliphatic heterocycles. The Balaban J connectivity index is 1.50. The van der Waals surface area contributed by atoms with E-state index in [1.165, 1.54) is 25.8 Å². The molecule has 2 unspecified atom stereocenters. The fourth-order valence-corrected chi connectivity index (χ4v) is 3.17. The molecule has 3 heteroatoms. The highest BCUT2D eigenvalue weighted by Gasteiger charge is 2.38. The molecule has 1 saturated heterocycles. The molecular weight excluding hydrogens is 248 g/mol. The molecule has 1 aromatic carbocycles. The largest absolute Gasteiger partial charge is 0.492 e. The van der Waals surface area contributed by atoms with Gasteiger partial charge in [-0.1, -0.05) is 25.1 Å². The summed E-state index contributed by atoms with van der Waals surface area (Å²) in [5.41, 5.74) is 0. The van der Waals surface area contributed by atoms with Gasteiger partial charge in [0.15, 0.2) is 0 Å². The minimum atomic E-state index is 0.654. The molecule has 2 atom stereocenters. The van der Waals surface area contributed by atoms with Gasteiger partial charge in [-0.3, -0.25) is 4.90 Å². The smallest absolute Gasteiger partial charge is 0.119 e. The summed E-state index contributed by atoms with van der Waals surface area (Å²) >= 11 is 0. The average molecular weight is 274 g/mol. The van der Waals surface area contributed by atoms with Crippen molar-refractivity contribution in [3.05, 3.63) is 30.3 Å². The van der Waals surface area contributed by atoms with Crippen molar-refractivity contribution in [1.82, 2.24) is 10.2 Å². The number of piperazine rings is 1. The van der Waals surface area contributed by atoms with E-state index in [4.69, 9.17) is 4.74 Å². The highest BCUT2D eigenvalue weighted by Crippen LogP contribution is 2.36. The number of nitrogens with zero attached hydrogens (tertiary/aromatic N) is 1. The van der Waals surface area contributed by atoms with E-state index in [0.717, 1.165) is 37.4 Å². The average Bonchev–Trinajstić information content (AvgIpc) is 3.33. The summed E-state index contributed by atoms with van der Waals surface area (Å²) < 4.78 is 5.86. The lowest BCUT2D eigenvalue weighted by atomic mass is 10.0. The molecule has 0 spiro atoms. The minimum Gasteiger partial charge on any atom is -0.492 e. The summed E-state index contributed by atoms with van der Waals surface area (Å²) in [6.07, 6.45) is 4.05. The van der Waals surface area contributed by atoms with Crippen molar-refractivity contribution in [1.29, 1.82) is 0 Å². The molecule has 0 amide bonds. The molecule has 1 heterocycles. The lowest BCUT2D eigenvalue weighted by Gasteiger charge is -2.40. The van der Waals surface area contributed by atoms with Crippen LogP contribution < -0.4 is 10.1 Å². The van der Waals surface area contributed by atoms with E-state index >= 15 is 0 Å². The molecule has 3 nitrogen and oxygen atoms in total. The molecule has 20 heavy (non-hydrogen) atoms. The van der Waals surface area contributed by atoms with Gasteiger partial charge < -0.3 is 10.1 Å². The number of ether oxygens (including phenoxy) is 1. The van der Waals surface area contributed by atoms with E-state index in [2.05, 4.69) is 17.1 Å². The minimum absolute atomic E-state index is 0.654. The number of hydrogen-bond acceptors (Lipinski definition) is 3. The summed E-state index contributed by atoms with van der Waals surface area (Å²) in [4.78, 5) is 2.66. The van der Waals surface area contributed by atoms with E-state index in [0.29, 0.717) is 6.04 Å². The molecule has 3 rings (SSSR count). The number of para-hydroxylation sites is 1. The van der Waals surface area contributed by atoms with Gasteiger partial charge in [-0.2, -0.15) is 0 Å². The summed E-state index contributed by atoms with van der Waals surface area (Å²) in [6.45, 7) is 6.45. The Labute approximate surface area is 122 Å². The number of nitrogens with one attached hydrogen (secondary N) is 1. The maximum Gasteiger partial charge on any atom is 0.119 e. The first-order valence-electron chi connectivity index (χ1n) is 8.02. The van der Waals surface area contributed by atoms with Gasteiger partial charge >= 0.3 is 0 Å². The second kappa shape index (κ2) is 6.59. The second-order valence-electron chi connectivity index (χ2n) is 6.07. The van der Waals surface area contributed by atoms with Crippen LogP contribution in [0, 0.1) is 5.92 Å². The van der Waals surface area contributed by atoms with Gasteiger partial charge in [0.1, 0.15) is 12.4 Å². The van der Waals surface area contributed by atoms with Crippen LogP contribution >= 0.6 is 0 Å². The zero-order chi connectivity index (χ0) is 13.8. The van der Waals surface area contributed by atoms with Crippen molar-refractivity contribution in [2.75, 3.05) is 26.2 Å². The standard InChI is InChI=1S/C17H26N2O/c1-2-15-13-19(17(12-18-15)14-8-9-14)10-11-20-16-6-4-3-5-7-16/h3-7,14-15,17-18H,2,8-13H2,1H3. The highest BCUT2D eigenvalue weighted by molar-refractivity contribution is 5.20. The molecule has 0 bridgehead atoms. The van der Waals surface area contributed by atoms with Crippen LogP contribution in [0.1, 0.15) is 26.2 Å². The molecule has 0 aromatic heterocycles.